The van der Waals surface area contributed by atoms with Crippen LogP contribution in [-0.2, 0) is 11.3 Å². The third-order valence-corrected chi connectivity index (χ3v) is 3.65. The molecule has 0 bridgehead atoms. The van der Waals surface area contributed by atoms with Crippen LogP contribution in [0.2, 0.25) is 5.02 Å². The second-order valence-electron chi connectivity index (χ2n) is 5.24. The third-order valence-electron chi connectivity index (χ3n) is 3.40. The van der Waals surface area contributed by atoms with E-state index < -0.39 is 0 Å². The zero-order chi connectivity index (χ0) is 15.4. The molecule has 1 heterocycles. The van der Waals surface area contributed by atoms with E-state index in [2.05, 4.69) is 10.4 Å². The number of hydrogen-bond acceptors (Lipinski definition) is 2. The lowest BCUT2D eigenvalue weighted by Crippen LogP contribution is -2.27. The highest BCUT2D eigenvalue weighted by atomic mass is 35.5. The van der Waals surface area contributed by atoms with Crippen LogP contribution in [0.5, 0.6) is 0 Å². The number of aryl methyl sites for hydroxylation is 3. The van der Waals surface area contributed by atoms with Crippen molar-refractivity contribution in [2.45, 2.75) is 39.8 Å². The van der Waals surface area contributed by atoms with Crippen LogP contribution in [0, 0.1) is 13.8 Å². The highest BCUT2D eigenvalue weighted by Crippen LogP contribution is 2.16. The Labute approximate surface area is 130 Å². The van der Waals surface area contributed by atoms with Crippen molar-refractivity contribution in [3.05, 3.63) is 52.3 Å². The van der Waals surface area contributed by atoms with Gasteiger partial charge in [-0.25, -0.2) is 0 Å². The van der Waals surface area contributed by atoms with Crippen molar-refractivity contribution >= 4 is 17.5 Å². The van der Waals surface area contributed by atoms with Gasteiger partial charge in [0.25, 0.3) is 0 Å². The van der Waals surface area contributed by atoms with Crippen molar-refractivity contribution in [3.63, 3.8) is 0 Å². The molecule has 4 nitrogen and oxygen atoms in total. The number of benzene rings is 1. The van der Waals surface area contributed by atoms with Crippen LogP contribution in [0.25, 0.3) is 0 Å². The molecule has 0 saturated heterocycles. The maximum Gasteiger partial charge on any atom is 0.222 e. The number of hydrogen-bond donors (Lipinski definition) is 1. The predicted octanol–water partition coefficient (Wildman–Crippen LogP) is 3.42. The van der Waals surface area contributed by atoms with Crippen LogP contribution >= 0.6 is 11.6 Å². The van der Waals surface area contributed by atoms with Crippen molar-refractivity contribution in [2.24, 2.45) is 0 Å². The molecule has 0 fully saturated rings. The molecule has 2 aromatic rings. The van der Waals surface area contributed by atoms with E-state index in [0.29, 0.717) is 18.0 Å². The zero-order valence-electron chi connectivity index (χ0n) is 12.6. The second-order valence-corrected chi connectivity index (χ2v) is 5.68. The molecule has 0 radical (unpaired) electrons. The van der Waals surface area contributed by atoms with Gasteiger partial charge in [-0.1, -0.05) is 23.7 Å². The minimum absolute atomic E-state index is 0.0185. The van der Waals surface area contributed by atoms with Gasteiger partial charge in [-0.15, -0.1) is 0 Å². The minimum Gasteiger partial charge on any atom is -0.350 e. The first-order valence-corrected chi connectivity index (χ1v) is 7.39. The Morgan fingerprint density at radius 1 is 1.33 bits per heavy atom. The first-order valence-electron chi connectivity index (χ1n) is 7.01. The molecule has 1 amide bonds. The van der Waals surface area contributed by atoms with Crippen molar-refractivity contribution in [1.82, 2.24) is 15.1 Å². The quantitative estimate of drug-likeness (QED) is 0.920. The molecule has 1 aromatic carbocycles. The molecule has 1 N–H and O–H groups in total. The topological polar surface area (TPSA) is 46.9 Å². The molecule has 0 spiro atoms. The van der Waals surface area contributed by atoms with E-state index in [1.165, 1.54) is 0 Å². The Morgan fingerprint density at radius 3 is 2.57 bits per heavy atom. The van der Waals surface area contributed by atoms with Gasteiger partial charge in [0.2, 0.25) is 5.91 Å². The SMILES string of the molecule is Cc1cc(C)n(CCC(=O)NC(C)c2ccc(Cl)cc2)n1. The van der Waals surface area contributed by atoms with Crippen LogP contribution < -0.4 is 5.32 Å². The molecule has 1 unspecified atom stereocenters. The predicted molar refractivity (Wildman–Crippen MR) is 84.3 cm³/mol. The van der Waals surface area contributed by atoms with Crippen LogP contribution in [0.15, 0.2) is 30.3 Å². The maximum atomic E-state index is 12.0. The molecule has 2 rings (SSSR count). The van der Waals surface area contributed by atoms with Crippen molar-refractivity contribution < 1.29 is 4.79 Å². The van der Waals surface area contributed by atoms with E-state index in [-0.39, 0.29) is 11.9 Å². The number of carbonyl (C=O) groups is 1. The Hall–Kier alpha value is -1.81. The molecule has 5 heteroatoms. The summed E-state index contributed by atoms with van der Waals surface area (Å²) in [6.07, 6.45) is 0.417. The third kappa shape index (κ3) is 4.33. The summed E-state index contributed by atoms with van der Waals surface area (Å²) < 4.78 is 1.86. The van der Waals surface area contributed by atoms with Crippen molar-refractivity contribution in [1.29, 1.82) is 0 Å². The summed E-state index contributed by atoms with van der Waals surface area (Å²) in [6, 6.07) is 9.48. The van der Waals surface area contributed by atoms with Gasteiger partial charge >= 0.3 is 0 Å². The minimum atomic E-state index is -0.0322. The summed E-state index contributed by atoms with van der Waals surface area (Å²) in [5, 5.41) is 8.04. The van der Waals surface area contributed by atoms with Crippen molar-refractivity contribution in [2.75, 3.05) is 0 Å². The monoisotopic (exact) mass is 305 g/mol. The smallest absolute Gasteiger partial charge is 0.222 e. The normalized spacial score (nSPS) is 12.2. The summed E-state index contributed by atoms with van der Waals surface area (Å²) in [5.41, 5.74) is 3.09. The molecule has 1 atom stereocenters. The second kappa shape index (κ2) is 6.76. The van der Waals surface area contributed by atoms with E-state index in [1.54, 1.807) is 0 Å². The maximum absolute atomic E-state index is 12.0. The van der Waals surface area contributed by atoms with Gasteiger partial charge in [0, 0.05) is 23.7 Å². The van der Waals surface area contributed by atoms with E-state index in [4.69, 9.17) is 11.6 Å². The largest absolute Gasteiger partial charge is 0.350 e. The summed E-state index contributed by atoms with van der Waals surface area (Å²) in [6.45, 7) is 6.50. The van der Waals surface area contributed by atoms with Gasteiger partial charge in [0.05, 0.1) is 11.7 Å². The molecular formula is C16H20ClN3O. The standard InChI is InChI=1S/C16H20ClN3O/c1-11-10-12(2)20(19-11)9-8-16(21)18-13(3)14-4-6-15(17)7-5-14/h4-7,10,13H,8-9H2,1-3H3,(H,18,21). The highest BCUT2D eigenvalue weighted by molar-refractivity contribution is 6.30. The van der Waals surface area contributed by atoms with Crippen LogP contribution in [0.1, 0.15) is 36.3 Å². The number of nitrogens with one attached hydrogen (secondary N) is 1. The van der Waals surface area contributed by atoms with Gasteiger partial charge in [-0.3, -0.25) is 9.48 Å². The van der Waals surface area contributed by atoms with Crippen molar-refractivity contribution in [3.8, 4) is 0 Å². The number of aromatic nitrogens is 2. The molecule has 0 aliphatic rings. The van der Waals surface area contributed by atoms with Gasteiger partial charge in [-0.2, -0.15) is 5.10 Å². The van der Waals surface area contributed by atoms with Gasteiger partial charge in [0.1, 0.15) is 0 Å². The molecule has 1 aromatic heterocycles. The van der Waals surface area contributed by atoms with Crippen LogP contribution in [-0.4, -0.2) is 15.7 Å². The molecular weight excluding hydrogens is 286 g/mol. The molecule has 0 aliphatic carbocycles. The number of nitrogens with zero attached hydrogens (tertiary/aromatic N) is 2. The lowest BCUT2D eigenvalue weighted by atomic mass is 10.1. The van der Waals surface area contributed by atoms with Crippen LogP contribution in [0.4, 0.5) is 0 Å². The summed E-state index contributed by atoms with van der Waals surface area (Å²) in [7, 11) is 0. The Kier molecular flexibility index (Phi) is 5.02. The lowest BCUT2D eigenvalue weighted by Gasteiger charge is -2.14. The molecule has 0 aliphatic heterocycles. The first kappa shape index (κ1) is 15.6. The number of rotatable bonds is 5. The van der Waals surface area contributed by atoms with E-state index >= 15 is 0 Å². The zero-order valence-corrected chi connectivity index (χ0v) is 13.3. The number of amides is 1. The van der Waals surface area contributed by atoms with Gasteiger partial charge in [0.15, 0.2) is 0 Å². The summed E-state index contributed by atoms with van der Waals surface area (Å²) in [5.74, 6) is 0.0185. The molecule has 21 heavy (non-hydrogen) atoms. The Morgan fingerprint density at radius 2 is 2.00 bits per heavy atom. The fourth-order valence-corrected chi connectivity index (χ4v) is 2.38. The van der Waals surface area contributed by atoms with E-state index in [0.717, 1.165) is 17.0 Å². The van der Waals surface area contributed by atoms with Gasteiger partial charge < -0.3 is 5.32 Å². The summed E-state index contributed by atoms with van der Waals surface area (Å²) in [4.78, 5) is 12.0. The Balaban J connectivity index is 1.86. The highest BCUT2D eigenvalue weighted by Gasteiger charge is 2.10. The summed E-state index contributed by atoms with van der Waals surface area (Å²) >= 11 is 5.86. The average molecular weight is 306 g/mol. The van der Waals surface area contributed by atoms with E-state index in [9.17, 15) is 4.79 Å². The molecule has 0 saturated carbocycles. The number of halogens is 1. The average Bonchev–Trinajstić information content (AvgIpc) is 2.75. The van der Waals surface area contributed by atoms with Crippen LogP contribution in [0.3, 0.4) is 0 Å². The Bertz CT molecular complexity index is 619. The fourth-order valence-electron chi connectivity index (χ4n) is 2.26. The fraction of sp³-hybridized carbons (Fsp3) is 0.375. The lowest BCUT2D eigenvalue weighted by molar-refractivity contribution is -0.122. The van der Waals surface area contributed by atoms with Gasteiger partial charge in [-0.05, 0) is 44.5 Å². The molecule has 112 valence electrons. The number of carbonyl (C=O) groups excluding carboxylic acids is 1. The van der Waals surface area contributed by atoms with E-state index in [1.807, 2.05) is 55.8 Å². The first-order chi connectivity index (χ1) is 9.95.